The fourth-order valence-corrected chi connectivity index (χ4v) is 2.31. The predicted molar refractivity (Wildman–Crippen MR) is 52.7 cm³/mol. The molecule has 0 bridgehead atoms. The Bertz CT molecular complexity index is 123. The van der Waals surface area contributed by atoms with Gasteiger partial charge in [-0.05, 0) is 32.1 Å². The SMILES string of the molecule is CC(C)C[C@H]1C[C@@H](Cl)C[C@@H](C)O1. The highest BCUT2D eigenvalue weighted by Crippen LogP contribution is 2.26. The van der Waals surface area contributed by atoms with Crippen molar-refractivity contribution in [2.75, 3.05) is 0 Å². The third-order valence-electron chi connectivity index (χ3n) is 2.27. The zero-order chi connectivity index (χ0) is 9.14. The van der Waals surface area contributed by atoms with E-state index in [9.17, 15) is 0 Å². The summed E-state index contributed by atoms with van der Waals surface area (Å²) in [6, 6.07) is 0. The van der Waals surface area contributed by atoms with Crippen molar-refractivity contribution < 1.29 is 4.74 Å². The van der Waals surface area contributed by atoms with E-state index in [1.54, 1.807) is 0 Å². The second kappa shape index (κ2) is 4.48. The van der Waals surface area contributed by atoms with Crippen LogP contribution in [0, 0.1) is 5.92 Å². The van der Waals surface area contributed by atoms with Crippen LogP contribution < -0.4 is 0 Å². The second-order valence-electron chi connectivity index (χ2n) is 4.27. The van der Waals surface area contributed by atoms with Gasteiger partial charge in [0.1, 0.15) is 0 Å². The summed E-state index contributed by atoms with van der Waals surface area (Å²) in [7, 11) is 0. The quantitative estimate of drug-likeness (QED) is 0.608. The fraction of sp³-hybridized carbons (Fsp3) is 1.00. The van der Waals surface area contributed by atoms with Gasteiger partial charge < -0.3 is 4.74 Å². The molecule has 0 radical (unpaired) electrons. The maximum absolute atomic E-state index is 6.11. The first kappa shape index (κ1) is 10.3. The summed E-state index contributed by atoms with van der Waals surface area (Å²) in [5.41, 5.74) is 0. The van der Waals surface area contributed by atoms with Gasteiger partial charge in [-0.2, -0.15) is 0 Å². The average molecular weight is 191 g/mol. The molecule has 1 fully saturated rings. The van der Waals surface area contributed by atoms with Crippen LogP contribution in [0.25, 0.3) is 0 Å². The molecule has 72 valence electrons. The van der Waals surface area contributed by atoms with Gasteiger partial charge in [0.2, 0.25) is 0 Å². The molecule has 1 saturated heterocycles. The smallest absolute Gasteiger partial charge is 0.0595 e. The molecule has 1 nitrogen and oxygen atoms in total. The number of alkyl halides is 1. The zero-order valence-electron chi connectivity index (χ0n) is 8.22. The van der Waals surface area contributed by atoms with Crippen molar-refractivity contribution in [3.05, 3.63) is 0 Å². The molecule has 1 rings (SSSR count). The molecule has 0 amide bonds. The number of rotatable bonds is 2. The maximum Gasteiger partial charge on any atom is 0.0595 e. The molecule has 0 aromatic carbocycles. The van der Waals surface area contributed by atoms with Crippen LogP contribution in [0.4, 0.5) is 0 Å². The van der Waals surface area contributed by atoms with Gasteiger partial charge in [0.15, 0.2) is 0 Å². The normalized spacial score (nSPS) is 37.2. The standard InChI is InChI=1S/C10H19ClO/c1-7(2)4-10-6-9(11)5-8(3)12-10/h7-10H,4-6H2,1-3H3/t8-,9+,10+/m1/s1. The molecule has 0 aromatic rings. The van der Waals surface area contributed by atoms with Crippen LogP contribution in [0.1, 0.15) is 40.0 Å². The van der Waals surface area contributed by atoms with E-state index in [1.165, 1.54) is 0 Å². The third kappa shape index (κ3) is 3.32. The summed E-state index contributed by atoms with van der Waals surface area (Å²) in [5.74, 6) is 0.712. The molecule has 2 heteroatoms. The molecule has 0 N–H and O–H groups in total. The number of ether oxygens (including phenoxy) is 1. The Morgan fingerprint density at radius 1 is 1.42 bits per heavy atom. The van der Waals surface area contributed by atoms with Crippen molar-refractivity contribution >= 4 is 11.6 Å². The maximum atomic E-state index is 6.11. The van der Waals surface area contributed by atoms with E-state index >= 15 is 0 Å². The minimum absolute atomic E-state index is 0.331. The van der Waals surface area contributed by atoms with E-state index in [-0.39, 0.29) is 0 Å². The van der Waals surface area contributed by atoms with Gasteiger partial charge in [-0.3, -0.25) is 0 Å². The fourth-order valence-electron chi connectivity index (χ4n) is 1.86. The van der Waals surface area contributed by atoms with Gasteiger partial charge in [0, 0.05) is 5.38 Å². The molecule has 0 spiro atoms. The van der Waals surface area contributed by atoms with E-state index < -0.39 is 0 Å². The van der Waals surface area contributed by atoms with Crippen LogP contribution in [0.15, 0.2) is 0 Å². The van der Waals surface area contributed by atoms with Crippen LogP contribution >= 0.6 is 11.6 Å². The van der Waals surface area contributed by atoms with Crippen LogP contribution in [0.5, 0.6) is 0 Å². The molecule has 0 unspecified atom stereocenters. The summed E-state index contributed by atoms with van der Waals surface area (Å²) in [4.78, 5) is 0. The predicted octanol–water partition coefficient (Wildman–Crippen LogP) is 3.21. The molecule has 1 aliphatic heterocycles. The van der Waals surface area contributed by atoms with E-state index in [0.717, 1.165) is 19.3 Å². The second-order valence-corrected chi connectivity index (χ2v) is 4.88. The van der Waals surface area contributed by atoms with Gasteiger partial charge in [0.05, 0.1) is 12.2 Å². The largest absolute Gasteiger partial charge is 0.375 e. The van der Waals surface area contributed by atoms with Crippen molar-refractivity contribution in [3.8, 4) is 0 Å². The Morgan fingerprint density at radius 2 is 2.08 bits per heavy atom. The number of hydrogen-bond donors (Lipinski definition) is 0. The van der Waals surface area contributed by atoms with Crippen molar-refractivity contribution in [1.29, 1.82) is 0 Å². The lowest BCUT2D eigenvalue weighted by Crippen LogP contribution is -2.32. The highest BCUT2D eigenvalue weighted by Gasteiger charge is 2.25. The van der Waals surface area contributed by atoms with Crippen LogP contribution in [-0.4, -0.2) is 17.6 Å². The molecule has 0 aromatic heterocycles. The average Bonchev–Trinajstić information content (AvgIpc) is 1.81. The van der Waals surface area contributed by atoms with Gasteiger partial charge in [-0.25, -0.2) is 0 Å². The summed E-state index contributed by atoms with van der Waals surface area (Å²) in [6.07, 6.45) is 3.94. The molecular formula is C10H19ClO. The zero-order valence-corrected chi connectivity index (χ0v) is 8.97. The van der Waals surface area contributed by atoms with Gasteiger partial charge in [0.25, 0.3) is 0 Å². The molecule has 0 saturated carbocycles. The first-order chi connectivity index (χ1) is 5.58. The lowest BCUT2D eigenvalue weighted by Gasteiger charge is -2.31. The van der Waals surface area contributed by atoms with E-state index in [0.29, 0.717) is 23.5 Å². The van der Waals surface area contributed by atoms with E-state index in [1.807, 2.05) is 0 Å². The van der Waals surface area contributed by atoms with Crippen molar-refractivity contribution in [3.63, 3.8) is 0 Å². The minimum atomic E-state index is 0.331. The summed E-state index contributed by atoms with van der Waals surface area (Å²) >= 11 is 6.11. The minimum Gasteiger partial charge on any atom is -0.375 e. The molecule has 0 aliphatic carbocycles. The Labute approximate surface area is 80.4 Å². The van der Waals surface area contributed by atoms with Crippen molar-refractivity contribution in [2.24, 2.45) is 5.92 Å². The topological polar surface area (TPSA) is 9.23 Å². The third-order valence-corrected chi connectivity index (χ3v) is 2.62. The Kier molecular flexibility index (Phi) is 3.85. The van der Waals surface area contributed by atoms with Crippen LogP contribution in [-0.2, 0) is 4.74 Å². The molecule has 3 atom stereocenters. The molecule has 1 heterocycles. The van der Waals surface area contributed by atoms with E-state index in [4.69, 9.17) is 16.3 Å². The molecule has 12 heavy (non-hydrogen) atoms. The Balaban J connectivity index is 2.34. The monoisotopic (exact) mass is 190 g/mol. The van der Waals surface area contributed by atoms with Gasteiger partial charge in [-0.15, -0.1) is 11.6 Å². The molecular weight excluding hydrogens is 172 g/mol. The first-order valence-electron chi connectivity index (χ1n) is 4.87. The van der Waals surface area contributed by atoms with Crippen LogP contribution in [0.3, 0.4) is 0 Å². The van der Waals surface area contributed by atoms with E-state index in [2.05, 4.69) is 20.8 Å². The first-order valence-corrected chi connectivity index (χ1v) is 5.31. The Morgan fingerprint density at radius 3 is 2.58 bits per heavy atom. The van der Waals surface area contributed by atoms with Gasteiger partial charge in [-0.1, -0.05) is 13.8 Å². The summed E-state index contributed by atoms with van der Waals surface area (Å²) < 4.78 is 5.78. The van der Waals surface area contributed by atoms with Crippen molar-refractivity contribution in [1.82, 2.24) is 0 Å². The lowest BCUT2D eigenvalue weighted by molar-refractivity contribution is -0.0465. The Hall–Kier alpha value is 0.250. The lowest BCUT2D eigenvalue weighted by atomic mass is 9.97. The number of hydrogen-bond acceptors (Lipinski definition) is 1. The van der Waals surface area contributed by atoms with Gasteiger partial charge >= 0.3 is 0 Å². The summed E-state index contributed by atoms with van der Waals surface area (Å²) in [5, 5.41) is 0.331. The number of halogens is 1. The highest BCUT2D eigenvalue weighted by molar-refractivity contribution is 6.20. The molecule has 1 aliphatic rings. The highest BCUT2D eigenvalue weighted by atomic mass is 35.5. The van der Waals surface area contributed by atoms with Crippen LogP contribution in [0.2, 0.25) is 0 Å². The van der Waals surface area contributed by atoms with Crippen molar-refractivity contribution in [2.45, 2.75) is 57.6 Å². The summed E-state index contributed by atoms with van der Waals surface area (Å²) in [6.45, 7) is 6.57.